The number of ether oxygens (including phenoxy) is 26. The van der Waals surface area contributed by atoms with Crippen LogP contribution in [0, 0.1) is 13.8 Å². The van der Waals surface area contributed by atoms with E-state index in [4.69, 9.17) is 152 Å². The van der Waals surface area contributed by atoms with Crippen LogP contribution in [-0.4, -0.2) is 340 Å². The van der Waals surface area contributed by atoms with Crippen molar-refractivity contribution in [2.45, 2.75) is 314 Å². The number of aromatic hydroxyl groups is 3. The maximum atomic E-state index is 14.4. The number of fused-ring (bicyclic) bond motifs is 4. The first-order valence-electron chi connectivity index (χ1n) is 38.0. The summed E-state index contributed by atoms with van der Waals surface area (Å²) in [5.41, 5.74) is 0.865. The summed E-state index contributed by atoms with van der Waals surface area (Å²) in [5.74, 6) is -7.90. The molecule has 0 aromatic heterocycles. The molecular weight excluding hydrogens is 1580 g/mol. The van der Waals surface area contributed by atoms with E-state index in [1.54, 1.807) is 48.5 Å². The van der Waals surface area contributed by atoms with Gasteiger partial charge in [0.25, 0.3) is 5.97 Å². The monoisotopic (exact) mass is 1680 g/mol. The van der Waals surface area contributed by atoms with Crippen molar-refractivity contribution in [3.05, 3.63) is 44.4 Å². The minimum atomic E-state index is -2.25. The molecule has 13 rings (SSSR count). The van der Waals surface area contributed by atoms with E-state index in [0.717, 1.165) is 6.07 Å². The summed E-state index contributed by atoms with van der Waals surface area (Å²) in [7, 11) is 6.72. The van der Waals surface area contributed by atoms with Crippen LogP contribution in [0.2, 0.25) is 10.0 Å². The van der Waals surface area contributed by atoms with Crippen molar-refractivity contribution in [2.75, 3.05) is 62.2 Å². The Morgan fingerprint density at radius 1 is 0.643 bits per heavy atom. The van der Waals surface area contributed by atoms with Crippen molar-refractivity contribution in [2.24, 2.45) is 5.73 Å². The number of nitrogens with two attached hydrogens (primary N) is 1. The molecule has 11 aliphatic rings. The molecular formula is C74H106Cl2N2O37. The van der Waals surface area contributed by atoms with Crippen LogP contribution >= 0.6 is 23.2 Å². The fourth-order valence-electron chi connectivity index (χ4n) is 17.6. The standard InChI is InChI=1S/C74H106Cl2N2O37/c1-26-17-34(79)18-35(80)43(26)64(87)104-39-24-98-74(62-55(39)96-25-97-62)112-40-23-95-66(49(84)54(40)113-74)110-67-57(93-15)48(83)53(38(105-67)22-90-12)108-69-71(10,89)61(52(91-13)30(5)102-69)109-68-58(85)72(11)60(33(8)101-68)114-73(115-72)20-36(81)50(31(6)111-73)106-41-19-37(103-42-21-70(9,78-63(86)28(3)77)59(94-16)32(7)100-42)51(29(4)99-41)107-65(88)44-27(2)45(75)47(82)46(76)56(44)92-14/h17-18,28-33,36-42,48-55,57-62,66-69,79-85,89H,19-25,77H2,1-16H3,(H,78,86)/t28-,29+,30+,31+,32-,33+,36+,37+,38+,39+,40-,41-,42-,48-,49+,50+,51+,52-,53+,54+,55-,57-,58+,59-,60+,61-,62+,66-,67-,68-,69-,70-,71+,72+,73+,74+/m0/s1. The number of halogens is 2. The quantitative estimate of drug-likeness (QED) is 0.0730. The minimum Gasteiger partial charge on any atom is -0.508 e. The third-order valence-corrected chi connectivity index (χ3v) is 24.1. The Kier molecular flexibility index (Phi) is 26.4. The van der Waals surface area contributed by atoms with Gasteiger partial charge in [-0.15, -0.1) is 0 Å². The number of amides is 1. The van der Waals surface area contributed by atoms with Crippen molar-refractivity contribution in [3.63, 3.8) is 0 Å². The second-order valence-corrected chi connectivity index (χ2v) is 32.4. The molecule has 648 valence electrons. The largest absolute Gasteiger partial charge is 0.508 e. The summed E-state index contributed by atoms with van der Waals surface area (Å²) >= 11 is 12.9. The molecule has 11 N–H and O–H groups in total. The Morgan fingerprint density at radius 3 is 2.02 bits per heavy atom. The lowest BCUT2D eigenvalue weighted by molar-refractivity contribution is -0.416. The summed E-state index contributed by atoms with van der Waals surface area (Å²) in [5, 5.41) is 95.5. The van der Waals surface area contributed by atoms with Gasteiger partial charge in [0.15, 0.2) is 67.6 Å². The molecule has 2 aromatic rings. The number of carbonyl (C=O) groups excluding carboxylic acids is 3. The number of benzene rings is 2. The smallest absolute Gasteiger partial charge is 0.342 e. The number of phenols is 3. The molecule has 0 aliphatic carbocycles. The zero-order valence-electron chi connectivity index (χ0n) is 66.3. The average Bonchev–Trinajstić information content (AvgIpc) is 1.58. The highest BCUT2D eigenvalue weighted by atomic mass is 35.5. The lowest BCUT2D eigenvalue weighted by Gasteiger charge is -2.53. The Bertz CT molecular complexity index is 3760. The molecule has 11 aliphatic heterocycles. The van der Waals surface area contributed by atoms with E-state index in [2.05, 4.69) is 5.32 Å². The van der Waals surface area contributed by atoms with E-state index in [-0.39, 0.29) is 83.3 Å². The first-order valence-corrected chi connectivity index (χ1v) is 38.8. The average molecular weight is 1690 g/mol. The Hall–Kier alpha value is -4.53. The summed E-state index contributed by atoms with van der Waals surface area (Å²) in [6.45, 7) is 16.2. The molecule has 11 fully saturated rings. The molecule has 36 atom stereocenters. The van der Waals surface area contributed by atoms with Crippen LogP contribution in [0.3, 0.4) is 0 Å². The van der Waals surface area contributed by atoms with Gasteiger partial charge in [0.2, 0.25) is 5.91 Å². The van der Waals surface area contributed by atoms with Gasteiger partial charge in [0, 0.05) is 47.3 Å². The van der Waals surface area contributed by atoms with E-state index in [9.17, 15) is 55.2 Å². The molecule has 0 saturated carbocycles. The third kappa shape index (κ3) is 16.5. The van der Waals surface area contributed by atoms with E-state index >= 15 is 0 Å². The highest BCUT2D eigenvalue weighted by molar-refractivity contribution is 6.39. The number of phenolic OH excluding ortho intramolecular Hbond substituents is 3. The number of rotatable bonds is 22. The fraction of sp³-hybridized carbons (Fsp3) is 0.797. The molecule has 0 bridgehead atoms. The molecule has 2 aromatic carbocycles. The van der Waals surface area contributed by atoms with Gasteiger partial charge in [-0.05, 0) is 93.4 Å². The van der Waals surface area contributed by atoms with Gasteiger partial charge < -0.3 is 175 Å². The van der Waals surface area contributed by atoms with Gasteiger partial charge in [-0.1, -0.05) is 23.2 Å². The molecule has 1 amide bonds. The van der Waals surface area contributed by atoms with E-state index < -0.39 is 255 Å². The number of aliphatic hydroxyl groups is 5. The van der Waals surface area contributed by atoms with Gasteiger partial charge in [-0.3, -0.25) is 4.79 Å². The molecule has 39 nitrogen and oxygen atoms in total. The highest BCUT2D eigenvalue weighted by Crippen LogP contribution is 2.53. The normalized spacial score (nSPS) is 45.4. The molecule has 0 radical (unpaired) electrons. The molecule has 2 spiro atoms. The minimum absolute atomic E-state index is 0.0167. The Balaban J connectivity index is 0.655. The van der Waals surface area contributed by atoms with Crippen LogP contribution in [-0.2, 0) is 123 Å². The van der Waals surface area contributed by atoms with E-state index in [1.807, 2.05) is 0 Å². The van der Waals surface area contributed by atoms with Crippen molar-refractivity contribution in [1.29, 1.82) is 0 Å². The highest BCUT2D eigenvalue weighted by Gasteiger charge is 2.71. The van der Waals surface area contributed by atoms with Crippen LogP contribution in [0.15, 0.2) is 12.1 Å². The SMILES string of the molecule is COC[C@H]1O[C@@H](O[C@@H]2OC[C@@H]3O[C@@]4(OC[C@@H](OC(=O)c5c(C)cc(O)cc5O)[C@@H]5OCO[C@H]54)O[C@H]3[C@H]2O)[C@@H](OC)[C@@H](O)[C@@H]1O[C@@H]1O[C@H](C)[C@H](OC)[C@H](O[C@@H]2O[C@H](C)[C@H]3O[C@]4(C[C@@H](O)[C@H](O[C@H]5C[C@@H](O[C@H]6C[C@](C)(NC(=O)[C@H](C)N)[C@@H](OC)[C@H](C)O6)[C@H](OC(=O)c6c(C)c(Cl)c(O)c(Cl)c6OC)[C@@H](C)O5)[C@@H](C)O4)O[C@]3(C)[C@@H]2O)[C@@]1(C)O. The molecule has 41 heteroatoms. The van der Waals surface area contributed by atoms with Crippen molar-refractivity contribution in [1.82, 2.24) is 5.32 Å². The first kappa shape index (κ1) is 88.3. The Labute approximate surface area is 671 Å². The third-order valence-electron chi connectivity index (χ3n) is 23.3. The summed E-state index contributed by atoms with van der Waals surface area (Å²) in [6, 6.07) is 1.41. The number of nitrogens with one attached hydrogen (secondary N) is 1. The van der Waals surface area contributed by atoms with Crippen LogP contribution in [0.4, 0.5) is 0 Å². The van der Waals surface area contributed by atoms with Crippen molar-refractivity contribution < 1.29 is 178 Å². The molecule has 0 unspecified atom stereocenters. The van der Waals surface area contributed by atoms with Crippen LogP contribution in [0.25, 0.3) is 0 Å². The first-order chi connectivity index (χ1) is 54.3. The van der Waals surface area contributed by atoms with Crippen molar-refractivity contribution in [3.8, 4) is 23.0 Å². The van der Waals surface area contributed by atoms with Gasteiger partial charge in [-0.2, -0.15) is 0 Å². The number of aliphatic hydroxyl groups excluding tert-OH is 4. The van der Waals surface area contributed by atoms with Crippen LogP contribution < -0.4 is 15.8 Å². The van der Waals surface area contributed by atoms with Crippen LogP contribution in [0.5, 0.6) is 23.0 Å². The number of hydrogen-bond donors (Lipinski definition) is 10. The second-order valence-electron chi connectivity index (χ2n) is 31.6. The van der Waals surface area contributed by atoms with Gasteiger partial charge in [0.05, 0.1) is 86.6 Å². The Morgan fingerprint density at radius 2 is 1.35 bits per heavy atom. The molecule has 11 saturated heterocycles. The second kappa shape index (κ2) is 34.4. The number of esters is 2. The maximum absolute atomic E-state index is 14.4. The maximum Gasteiger partial charge on any atom is 0.342 e. The van der Waals surface area contributed by atoms with E-state index in [1.165, 1.54) is 69.3 Å². The number of carbonyl (C=O) groups is 3. The predicted octanol–water partition coefficient (Wildman–Crippen LogP) is 0.839. The number of hydrogen-bond acceptors (Lipinski definition) is 38. The lowest BCUT2D eigenvalue weighted by Crippen LogP contribution is -2.71. The molecule has 115 heavy (non-hydrogen) atoms. The number of methoxy groups -OCH3 is 5. The fourth-order valence-corrected chi connectivity index (χ4v) is 18.1. The lowest BCUT2D eigenvalue weighted by atomic mass is 9.84. The van der Waals surface area contributed by atoms with Gasteiger partial charge >= 0.3 is 17.9 Å². The summed E-state index contributed by atoms with van der Waals surface area (Å²) in [4.78, 5) is 41.0. The van der Waals surface area contributed by atoms with Gasteiger partial charge in [-0.25, -0.2) is 9.59 Å². The molecule has 11 heterocycles. The summed E-state index contributed by atoms with van der Waals surface area (Å²) in [6.07, 6.45) is -38.0. The topological polar surface area (TPSA) is 491 Å². The zero-order chi connectivity index (χ0) is 83.4. The van der Waals surface area contributed by atoms with Gasteiger partial charge in [0.1, 0.15) is 137 Å². The zero-order valence-corrected chi connectivity index (χ0v) is 67.8. The van der Waals surface area contributed by atoms with Crippen LogP contribution in [0.1, 0.15) is 113 Å². The number of aryl methyl sites for hydroxylation is 1. The predicted molar refractivity (Wildman–Crippen MR) is 382 cm³/mol. The summed E-state index contributed by atoms with van der Waals surface area (Å²) < 4.78 is 162. The van der Waals surface area contributed by atoms with Crippen molar-refractivity contribution >= 4 is 41.0 Å². The van der Waals surface area contributed by atoms with E-state index in [0.29, 0.717) is 0 Å².